The second kappa shape index (κ2) is 17.9. The highest BCUT2D eigenvalue weighted by molar-refractivity contribution is 5.70. The van der Waals surface area contributed by atoms with Crippen LogP contribution in [-0.2, 0) is 23.7 Å². The van der Waals surface area contributed by atoms with Crippen LogP contribution < -0.4 is 0 Å². The molecule has 4 N–H and O–H groups in total. The second-order valence-corrected chi connectivity index (χ2v) is 15.0. The zero-order valence-electron chi connectivity index (χ0n) is 30.8. The third-order valence-electron chi connectivity index (χ3n) is 10.5. The topological polar surface area (TPSA) is 165 Å². The number of cyclic esters (lactones) is 1. The van der Waals surface area contributed by atoms with E-state index in [4.69, 9.17) is 18.9 Å². The number of epoxide rings is 1. The van der Waals surface area contributed by atoms with Crippen molar-refractivity contribution in [2.24, 2.45) is 11.8 Å². The van der Waals surface area contributed by atoms with Crippen LogP contribution in [0.1, 0.15) is 73.6 Å². The van der Waals surface area contributed by atoms with Crippen LogP contribution in [0.2, 0.25) is 0 Å². The maximum Gasteiger partial charge on any atom is 0.410 e. The lowest BCUT2D eigenvalue weighted by molar-refractivity contribution is -0.151. The number of esters is 1. The smallest absolute Gasteiger partial charge is 0.410 e. The van der Waals surface area contributed by atoms with Crippen LogP contribution in [0.5, 0.6) is 0 Å². The van der Waals surface area contributed by atoms with Gasteiger partial charge in [0.25, 0.3) is 0 Å². The number of hydrazine groups is 1. The third-order valence-corrected chi connectivity index (χ3v) is 10.5. The Hall–Kier alpha value is -2.36. The summed E-state index contributed by atoms with van der Waals surface area (Å²) in [6.07, 6.45) is 5.62. The Bertz CT molecular complexity index is 1210. The number of carbonyl (C=O) groups is 2. The number of aliphatic hydroxyl groups is 4. The number of piperazine rings is 1. The molecule has 0 spiro atoms. The molecule has 4 rings (SSSR count). The van der Waals surface area contributed by atoms with Gasteiger partial charge in [-0.3, -0.25) is 4.79 Å². The average Bonchev–Trinajstić information content (AvgIpc) is 3.84. The maximum atomic E-state index is 13.4. The summed E-state index contributed by atoms with van der Waals surface area (Å²) in [6.45, 7) is 16.2. The minimum Gasteiger partial charge on any atom is -0.457 e. The summed E-state index contributed by atoms with van der Waals surface area (Å²) < 4.78 is 23.0. The lowest BCUT2D eigenvalue weighted by Gasteiger charge is -2.42. The third kappa shape index (κ3) is 11.6. The second-order valence-electron chi connectivity index (χ2n) is 15.0. The predicted octanol–water partition coefficient (Wildman–Crippen LogP) is 2.57. The van der Waals surface area contributed by atoms with Gasteiger partial charge in [-0.05, 0) is 51.7 Å². The van der Waals surface area contributed by atoms with Gasteiger partial charge in [0.1, 0.15) is 11.7 Å². The van der Waals surface area contributed by atoms with Gasteiger partial charge in [-0.25, -0.2) is 14.8 Å². The minimum absolute atomic E-state index is 0.0149. The van der Waals surface area contributed by atoms with E-state index in [1.807, 2.05) is 27.7 Å². The van der Waals surface area contributed by atoms with Gasteiger partial charge < -0.3 is 44.3 Å². The number of hydrogen-bond acceptors (Lipinski definition) is 12. The van der Waals surface area contributed by atoms with E-state index in [0.29, 0.717) is 57.8 Å². The van der Waals surface area contributed by atoms with E-state index < -0.39 is 47.7 Å². The largest absolute Gasteiger partial charge is 0.457 e. The van der Waals surface area contributed by atoms with Crippen LogP contribution in [0.25, 0.3) is 0 Å². The zero-order valence-corrected chi connectivity index (χ0v) is 30.8. The van der Waals surface area contributed by atoms with Crippen LogP contribution in [0.15, 0.2) is 36.0 Å². The number of amides is 1. The summed E-state index contributed by atoms with van der Waals surface area (Å²) in [5, 5.41) is 47.8. The molecule has 0 aliphatic carbocycles. The Kier molecular flexibility index (Phi) is 14.5. The van der Waals surface area contributed by atoms with Crippen LogP contribution in [0.4, 0.5) is 4.79 Å². The van der Waals surface area contributed by atoms with Crippen LogP contribution in [-0.4, -0.2) is 148 Å². The molecule has 284 valence electrons. The molecule has 10 atom stereocenters. The molecule has 0 radical (unpaired) electrons. The van der Waals surface area contributed by atoms with Gasteiger partial charge in [0.2, 0.25) is 0 Å². The molecule has 4 heterocycles. The summed E-state index contributed by atoms with van der Waals surface area (Å²) in [4.78, 5) is 27.9. The van der Waals surface area contributed by atoms with Crippen molar-refractivity contribution in [1.82, 2.24) is 14.9 Å². The van der Waals surface area contributed by atoms with Crippen molar-refractivity contribution in [2.75, 3.05) is 52.5 Å². The Labute approximate surface area is 297 Å². The Morgan fingerprint density at radius 3 is 2.48 bits per heavy atom. The molecule has 1 amide bonds. The van der Waals surface area contributed by atoms with E-state index in [-0.39, 0.29) is 43.3 Å². The Balaban J connectivity index is 1.42. The average molecular weight is 708 g/mol. The molecule has 50 heavy (non-hydrogen) atoms. The minimum atomic E-state index is -1.50. The molecule has 0 aromatic rings. The highest BCUT2D eigenvalue weighted by Crippen LogP contribution is 2.37. The summed E-state index contributed by atoms with van der Waals surface area (Å²) in [6, 6.07) is 0. The molecule has 0 aromatic heterocycles. The zero-order chi connectivity index (χ0) is 36.6. The van der Waals surface area contributed by atoms with E-state index in [1.165, 1.54) is 0 Å². The van der Waals surface area contributed by atoms with Crippen molar-refractivity contribution in [1.29, 1.82) is 0 Å². The number of aliphatic hydroxyl groups excluding tert-OH is 2. The number of nitrogens with zero attached hydrogens (tertiary/aromatic N) is 3. The standard InChI is InChI=1S/C37H61N3O10/c1-7-29(42)27(4)34-30(48-34)24-36(5,45)13-8-9-25(2)33-26(3)10-11-31(37(6,46)14-12-28(41)23-32(43)50-33)49-35(44)38-15-17-39(18-16-38)40-19-21-47-22-20-40/h8-11,13,26-31,33-34,41-42,45-46H,7,12,14-24H2,1-6H3/b11-10+,13-8+,25-9+. The molecular weight excluding hydrogens is 646 g/mol. The lowest BCUT2D eigenvalue weighted by Crippen LogP contribution is -2.58. The molecular formula is C37H61N3O10. The highest BCUT2D eigenvalue weighted by Gasteiger charge is 2.47. The van der Waals surface area contributed by atoms with Crippen molar-refractivity contribution < 1.29 is 49.0 Å². The summed E-state index contributed by atoms with van der Waals surface area (Å²) in [5.41, 5.74) is -1.96. The first-order valence-electron chi connectivity index (χ1n) is 18.3. The lowest BCUT2D eigenvalue weighted by atomic mass is 9.88. The number of carbonyl (C=O) groups excluding carboxylic acids is 2. The Morgan fingerprint density at radius 1 is 1.16 bits per heavy atom. The van der Waals surface area contributed by atoms with Gasteiger partial charge >= 0.3 is 12.1 Å². The molecule has 0 saturated carbocycles. The van der Waals surface area contributed by atoms with Gasteiger partial charge in [0.15, 0.2) is 6.10 Å². The van der Waals surface area contributed by atoms with Crippen molar-refractivity contribution >= 4 is 12.1 Å². The quantitative estimate of drug-likeness (QED) is 0.114. The van der Waals surface area contributed by atoms with Crippen molar-refractivity contribution in [3.63, 3.8) is 0 Å². The van der Waals surface area contributed by atoms with Gasteiger partial charge in [0, 0.05) is 57.5 Å². The SMILES string of the molecule is CCC(O)C(C)C1OC1CC(C)(O)/C=C/C=C(\C)C1OC(=O)CC(O)CCC(C)(O)C(OC(=O)N2CCN(N3CCOCC3)CC2)/C=C/C1C. The highest BCUT2D eigenvalue weighted by atomic mass is 16.6. The fourth-order valence-corrected chi connectivity index (χ4v) is 6.98. The van der Waals surface area contributed by atoms with E-state index >= 15 is 0 Å². The van der Waals surface area contributed by atoms with Crippen LogP contribution >= 0.6 is 0 Å². The van der Waals surface area contributed by atoms with E-state index in [1.54, 1.807) is 49.1 Å². The maximum absolute atomic E-state index is 13.4. The van der Waals surface area contributed by atoms with Crippen LogP contribution in [0, 0.1) is 11.8 Å². The number of hydrogen-bond donors (Lipinski definition) is 4. The first kappa shape index (κ1) is 40.4. The molecule has 13 heteroatoms. The number of ether oxygens (including phenoxy) is 4. The molecule has 4 aliphatic heterocycles. The fourth-order valence-electron chi connectivity index (χ4n) is 6.98. The van der Waals surface area contributed by atoms with Gasteiger partial charge in [0.05, 0.1) is 49.7 Å². The van der Waals surface area contributed by atoms with E-state index in [9.17, 15) is 30.0 Å². The molecule has 0 bridgehead atoms. The van der Waals surface area contributed by atoms with Gasteiger partial charge in [-0.15, -0.1) is 0 Å². The Morgan fingerprint density at radius 2 is 1.82 bits per heavy atom. The predicted molar refractivity (Wildman–Crippen MR) is 187 cm³/mol. The van der Waals surface area contributed by atoms with Crippen molar-refractivity contribution in [2.45, 2.75) is 121 Å². The fraction of sp³-hybridized carbons (Fsp3) is 0.784. The molecule has 0 aromatic carbocycles. The normalized spacial score (nSPS) is 35.7. The van der Waals surface area contributed by atoms with Crippen molar-refractivity contribution in [3.05, 3.63) is 36.0 Å². The molecule has 13 nitrogen and oxygen atoms in total. The monoisotopic (exact) mass is 707 g/mol. The molecule has 3 fully saturated rings. The molecule has 3 saturated heterocycles. The number of allylic oxidation sites excluding steroid dienone is 2. The summed E-state index contributed by atoms with van der Waals surface area (Å²) in [7, 11) is 0. The van der Waals surface area contributed by atoms with Crippen LogP contribution in [0.3, 0.4) is 0 Å². The van der Waals surface area contributed by atoms with E-state index in [2.05, 4.69) is 10.0 Å². The van der Waals surface area contributed by atoms with Crippen molar-refractivity contribution in [3.8, 4) is 0 Å². The summed E-state index contributed by atoms with van der Waals surface area (Å²) in [5.74, 6) is -0.966. The first-order valence-corrected chi connectivity index (χ1v) is 18.3. The van der Waals surface area contributed by atoms with Gasteiger partial charge in [-0.1, -0.05) is 45.1 Å². The molecule has 10 unspecified atom stereocenters. The number of morpholine rings is 1. The molecule has 4 aliphatic rings. The first-order chi connectivity index (χ1) is 23.6. The van der Waals surface area contributed by atoms with E-state index in [0.717, 1.165) is 13.1 Å². The number of rotatable bonds is 10. The van der Waals surface area contributed by atoms with Gasteiger partial charge in [-0.2, -0.15) is 0 Å². The summed E-state index contributed by atoms with van der Waals surface area (Å²) >= 11 is 0.